The molecule has 0 radical (unpaired) electrons. The lowest BCUT2D eigenvalue weighted by Gasteiger charge is -2.17. The largest absolute Gasteiger partial charge is 0.373 e. The van der Waals surface area contributed by atoms with Gasteiger partial charge in [0.05, 0.1) is 22.2 Å². The van der Waals surface area contributed by atoms with E-state index < -0.39 is 17.4 Å². The van der Waals surface area contributed by atoms with Gasteiger partial charge in [-0.3, -0.25) is 9.20 Å². The molecule has 7 nitrogen and oxygen atoms in total. The molecule has 1 atom stereocenters. The number of hydrogen-bond acceptors (Lipinski definition) is 5. The summed E-state index contributed by atoms with van der Waals surface area (Å²) in [7, 11) is 1.74. The second-order valence-corrected chi connectivity index (χ2v) is 9.71. The molecule has 0 bridgehead atoms. The number of imidazole rings is 1. The van der Waals surface area contributed by atoms with Gasteiger partial charge in [-0.1, -0.05) is 6.07 Å². The number of nitrogens with one attached hydrogen (secondary N) is 2. The third-order valence-corrected chi connectivity index (χ3v) is 7.42. The smallest absolute Gasteiger partial charge is 0.235 e. The predicted octanol–water partition coefficient (Wildman–Crippen LogP) is 4.89. The highest BCUT2D eigenvalue weighted by molar-refractivity contribution is 14.1. The van der Waals surface area contributed by atoms with Gasteiger partial charge in [-0.2, -0.15) is 0 Å². The average molecular weight is 562 g/mol. The van der Waals surface area contributed by atoms with Crippen LogP contribution in [0.2, 0.25) is 0 Å². The summed E-state index contributed by atoms with van der Waals surface area (Å²) in [6.07, 6.45) is 2.08. The number of carbonyl (C=O) groups excluding carboxylic acids is 1. The fourth-order valence-corrected chi connectivity index (χ4v) is 4.97. The second-order valence-electron chi connectivity index (χ2n) is 8.55. The molecule has 3 aromatic heterocycles. The fourth-order valence-electron chi connectivity index (χ4n) is 4.26. The number of fused-ring (bicyclic) bond motifs is 2. The molecule has 2 N–H and O–H groups in total. The van der Waals surface area contributed by atoms with Crippen LogP contribution in [0, 0.1) is 0 Å². The minimum absolute atomic E-state index is 0.0423. The Kier molecular flexibility index (Phi) is 5.22. The van der Waals surface area contributed by atoms with Crippen molar-refractivity contribution in [3.63, 3.8) is 0 Å². The molecule has 0 fully saturated rings. The minimum atomic E-state index is -1.21. The number of carbonyl (C=O) groups is 1. The van der Waals surface area contributed by atoms with Crippen molar-refractivity contribution >= 4 is 45.7 Å². The van der Waals surface area contributed by atoms with Gasteiger partial charge in [0.25, 0.3) is 0 Å². The van der Waals surface area contributed by atoms with E-state index in [4.69, 9.17) is 4.98 Å². The van der Waals surface area contributed by atoms with Crippen LogP contribution in [0.3, 0.4) is 0 Å². The molecule has 0 saturated carbocycles. The summed E-state index contributed by atoms with van der Waals surface area (Å²) in [5.74, 6) is 1.17. The molecule has 1 aliphatic heterocycles. The van der Waals surface area contributed by atoms with Gasteiger partial charge < -0.3 is 10.6 Å². The molecule has 0 saturated heterocycles. The second kappa shape index (κ2) is 7.86. The Morgan fingerprint density at radius 3 is 2.85 bits per heavy atom. The Bertz CT molecular complexity index is 1380. The molecule has 3 aromatic rings. The van der Waals surface area contributed by atoms with E-state index in [0.717, 1.165) is 5.52 Å². The van der Waals surface area contributed by atoms with Crippen LogP contribution >= 0.6 is 22.6 Å². The molecule has 4 heterocycles. The highest BCUT2D eigenvalue weighted by Crippen LogP contribution is 2.41. The molecule has 2 aliphatic rings. The van der Waals surface area contributed by atoms with E-state index in [0.29, 0.717) is 43.7 Å². The van der Waals surface area contributed by atoms with Gasteiger partial charge in [0.1, 0.15) is 23.6 Å². The quantitative estimate of drug-likeness (QED) is 0.443. The first kappa shape index (κ1) is 21.9. The molecule has 1 aliphatic carbocycles. The average Bonchev–Trinajstić information content (AvgIpc) is 3.27. The maximum Gasteiger partial charge on any atom is 0.235 e. The topological polar surface area (TPSA) is 84.2 Å². The predicted molar refractivity (Wildman–Crippen MR) is 131 cm³/mol. The molecule has 1 unspecified atom stereocenters. The van der Waals surface area contributed by atoms with E-state index in [-0.39, 0.29) is 18.7 Å². The number of rotatable bonds is 4. The summed E-state index contributed by atoms with van der Waals surface area (Å²) < 4.78 is 31.0. The van der Waals surface area contributed by atoms with Crippen molar-refractivity contribution in [1.82, 2.24) is 19.4 Å². The van der Waals surface area contributed by atoms with Crippen LogP contribution in [-0.2, 0) is 16.6 Å². The molecule has 5 rings (SSSR count). The molecular weight excluding hydrogens is 541 g/mol. The molecule has 0 aromatic carbocycles. The standard InChI is InChI=1S/C23H21F2IN6O/c1-23(2)16-18(27-3)29-20(30-19(16)31-22(23)33)21-28-14(15-6-4-5-9-32(15)21)10-11-12(24)7-8-13(25)17(11)26/h4-7,9,13H,8,10H2,1-3H3,(H2,27,29,30,31,33). The number of alkyl halides is 1. The molecule has 33 heavy (non-hydrogen) atoms. The Morgan fingerprint density at radius 1 is 1.30 bits per heavy atom. The van der Waals surface area contributed by atoms with Crippen molar-refractivity contribution in [2.45, 2.75) is 38.3 Å². The fraction of sp³-hybridized carbons (Fsp3) is 0.304. The van der Waals surface area contributed by atoms with E-state index in [1.54, 1.807) is 7.05 Å². The van der Waals surface area contributed by atoms with Gasteiger partial charge >= 0.3 is 0 Å². The number of aromatic nitrogens is 4. The van der Waals surface area contributed by atoms with Gasteiger partial charge in [-0.15, -0.1) is 0 Å². The van der Waals surface area contributed by atoms with Crippen molar-refractivity contribution in [2.24, 2.45) is 0 Å². The Balaban J connectivity index is 1.66. The normalized spacial score (nSPS) is 19.5. The lowest BCUT2D eigenvalue weighted by Crippen LogP contribution is -2.27. The van der Waals surface area contributed by atoms with Crippen LogP contribution in [-0.4, -0.2) is 38.5 Å². The summed E-state index contributed by atoms with van der Waals surface area (Å²) in [6, 6.07) is 5.58. The van der Waals surface area contributed by atoms with E-state index in [1.807, 2.05) is 65.2 Å². The summed E-state index contributed by atoms with van der Waals surface area (Å²) in [4.78, 5) is 26.5. The number of anilines is 2. The highest BCUT2D eigenvalue weighted by atomic mass is 127. The zero-order valence-corrected chi connectivity index (χ0v) is 20.4. The Hall–Kier alpha value is -2.89. The van der Waals surface area contributed by atoms with Crippen LogP contribution in [0.25, 0.3) is 17.2 Å². The van der Waals surface area contributed by atoms with Crippen molar-refractivity contribution < 1.29 is 13.6 Å². The van der Waals surface area contributed by atoms with Crippen LogP contribution in [0.4, 0.5) is 20.4 Å². The number of allylic oxidation sites excluding steroid dienone is 4. The van der Waals surface area contributed by atoms with Gasteiger partial charge in [-0.25, -0.2) is 23.7 Å². The molecular formula is C23H21F2IN6O. The number of pyridine rings is 1. The maximum atomic E-state index is 14.6. The number of nitrogens with zero attached hydrogens (tertiary/aromatic N) is 4. The van der Waals surface area contributed by atoms with E-state index in [9.17, 15) is 13.6 Å². The number of amides is 1. The molecule has 1 amide bonds. The van der Waals surface area contributed by atoms with E-state index in [2.05, 4.69) is 20.6 Å². The molecule has 10 heteroatoms. The number of halogens is 3. The first-order valence-electron chi connectivity index (χ1n) is 10.5. The Labute approximate surface area is 202 Å². The van der Waals surface area contributed by atoms with E-state index >= 15 is 0 Å². The van der Waals surface area contributed by atoms with Crippen LogP contribution < -0.4 is 10.6 Å². The summed E-state index contributed by atoms with van der Waals surface area (Å²) >= 11 is 1.88. The minimum Gasteiger partial charge on any atom is -0.373 e. The van der Waals surface area contributed by atoms with E-state index in [1.165, 1.54) is 6.08 Å². The zero-order valence-electron chi connectivity index (χ0n) is 18.2. The van der Waals surface area contributed by atoms with Crippen molar-refractivity contribution in [3.05, 3.63) is 56.7 Å². The van der Waals surface area contributed by atoms with Crippen LogP contribution in [0.5, 0.6) is 0 Å². The van der Waals surface area contributed by atoms with Crippen molar-refractivity contribution in [1.29, 1.82) is 0 Å². The lowest BCUT2D eigenvalue weighted by molar-refractivity contribution is -0.119. The van der Waals surface area contributed by atoms with Crippen LogP contribution in [0.1, 0.15) is 31.5 Å². The van der Waals surface area contributed by atoms with Crippen molar-refractivity contribution in [3.8, 4) is 11.6 Å². The third kappa shape index (κ3) is 3.42. The Morgan fingerprint density at radius 2 is 2.09 bits per heavy atom. The number of hydrogen-bond donors (Lipinski definition) is 2. The molecule has 0 spiro atoms. The van der Waals surface area contributed by atoms with Gasteiger partial charge in [0.2, 0.25) is 5.91 Å². The van der Waals surface area contributed by atoms with Crippen LogP contribution in [0.15, 0.2) is 45.5 Å². The van der Waals surface area contributed by atoms with Gasteiger partial charge in [0.15, 0.2) is 11.6 Å². The summed E-state index contributed by atoms with van der Waals surface area (Å²) in [5, 5.41) is 5.90. The monoisotopic (exact) mass is 562 g/mol. The zero-order chi connectivity index (χ0) is 23.5. The SMILES string of the molecule is CNc1nc(-c2nc(CC3=C(I)C(F)CC=C3F)c3ccccn23)nc2c1C(C)(C)C(=O)N2. The first-order chi connectivity index (χ1) is 15.7. The van der Waals surface area contributed by atoms with Gasteiger partial charge in [0, 0.05) is 35.2 Å². The summed E-state index contributed by atoms with van der Waals surface area (Å²) in [6.45, 7) is 3.64. The first-order valence-corrected chi connectivity index (χ1v) is 11.6. The third-order valence-electron chi connectivity index (χ3n) is 6.09. The summed E-state index contributed by atoms with van der Waals surface area (Å²) in [5.41, 5.74) is 1.57. The molecule has 170 valence electrons. The lowest BCUT2D eigenvalue weighted by atomic mass is 9.87. The van der Waals surface area contributed by atoms with Crippen molar-refractivity contribution in [2.75, 3.05) is 17.7 Å². The van der Waals surface area contributed by atoms with Gasteiger partial charge in [-0.05, 0) is 54.6 Å². The maximum absolute atomic E-state index is 14.6. The highest BCUT2D eigenvalue weighted by Gasteiger charge is 2.42.